The maximum absolute atomic E-state index is 13.4. The predicted octanol–water partition coefficient (Wildman–Crippen LogP) is 2.97. The second-order valence-electron chi connectivity index (χ2n) is 7.19. The Labute approximate surface area is 177 Å². The van der Waals surface area contributed by atoms with E-state index in [4.69, 9.17) is 0 Å². The number of aryl methyl sites for hydroxylation is 1. The van der Waals surface area contributed by atoms with Crippen LogP contribution in [-0.4, -0.2) is 57.6 Å². The number of piperazine rings is 1. The number of benzene rings is 1. The second-order valence-corrected chi connectivity index (χ2v) is 8.05. The first-order chi connectivity index (χ1) is 14.4. The molecule has 1 aliphatic rings. The van der Waals surface area contributed by atoms with Crippen molar-refractivity contribution in [2.24, 2.45) is 7.05 Å². The molecule has 2 aromatic heterocycles. The van der Waals surface area contributed by atoms with E-state index in [1.165, 1.54) is 17.4 Å². The molecule has 1 fully saturated rings. The fourth-order valence-electron chi connectivity index (χ4n) is 3.47. The number of hydrogen-bond acceptors (Lipinski definition) is 6. The third kappa shape index (κ3) is 4.19. The summed E-state index contributed by atoms with van der Waals surface area (Å²) in [6.07, 6.45) is 3.70. The van der Waals surface area contributed by atoms with Gasteiger partial charge in [-0.05, 0) is 25.1 Å². The van der Waals surface area contributed by atoms with Gasteiger partial charge in [0.2, 0.25) is 11.9 Å². The van der Waals surface area contributed by atoms with E-state index in [1.54, 1.807) is 11.6 Å². The zero-order chi connectivity index (χ0) is 21.3. The Morgan fingerprint density at radius 2 is 1.97 bits per heavy atom. The highest BCUT2D eigenvalue weighted by atomic mass is 32.1. The molecule has 158 valence electrons. The molecule has 0 radical (unpaired) electrons. The van der Waals surface area contributed by atoms with Crippen molar-refractivity contribution in [2.75, 3.05) is 36.4 Å². The first kappa shape index (κ1) is 20.4. The molecule has 0 bridgehead atoms. The standard InChI is InChI=1S/C20H22F2N6OS/c1-13(27-7-9-28(10-8-27)20-23-5-6-26(20)2)18(29)25-19-24-17(12-30-19)14-3-4-15(21)16(22)11-14/h3-6,11-13H,7-10H2,1-2H3,(H,24,25,29). The van der Waals surface area contributed by atoms with Gasteiger partial charge in [0.1, 0.15) is 0 Å². The summed E-state index contributed by atoms with van der Waals surface area (Å²) >= 11 is 1.25. The zero-order valence-corrected chi connectivity index (χ0v) is 17.5. The van der Waals surface area contributed by atoms with Gasteiger partial charge in [0, 0.05) is 56.6 Å². The van der Waals surface area contributed by atoms with E-state index in [9.17, 15) is 13.6 Å². The van der Waals surface area contributed by atoms with Crippen molar-refractivity contribution < 1.29 is 13.6 Å². The molecule has 30 heavy (non-hydrogen) atoms. The van der Waals surface area contributed by atoms with Crippen LogP contribution >= 0.6 is 11.3 Å². The van der Waals surface area contributed by atoms with Crippen molar-refractivity contribution >= 4 is 28.3 Å². The van der Waals surface area contributed by atoms with Crippen LogP contribution in [0, 0.1) is 11.6 Å². The van der Waals surface area contributed by atoms with Crippen molar-refractivity contribution in [3.05, 3.63) is 47.6 Å². The highest BCUT2D eigenvalue weighted by molar-refractivity contribution is 7.14. The largest absolute Gasteiger partial charge is 0.340 e. The summed E-state index contributed by atoms with van der Waals surface area (Å²) in [5.41, 5.74) is 0.953. The molecule has 1 N–H and O–H groups in total. The molecule has 1 aromatic carbocycles. The number of imidazole rings is 1. The molecule has 0 spiro atoms. The molecule has 10 heteroatoms. The fraction of sp³-hybridized carbons (Fsp3) is 0.350. The smallest absolute Gasteiger partial charge is 0.243 e. The van der Waals surface area contributed by atoms with Crippen molar-refractivity contribution in [3.63, 3.8) is 0 Å². The van der Waals surface area contributed by atoms with Crippen LogP contribution in [0.4, 0.5) is 19.9 Å². The highest BCUT2D eigenvalue weighted by Crippen LogP contribution is 2.26. The minimum absolute atomic E-state index is 0.147. The van der Waals surface area contributed by atoms with E-state index >= 15 is 0 Å². The van der Waals surface area contributed by atoms with Crippen LogP contribution in [0.3, 0.4) is 0 Å². The third-order valence-corrected chi connectivity index (χ3v) is 6.03. The average Bonchev–Trinajstić information content (AvgIpc) is 3.38. The lowest BCUT2D eigenvalue weighted by Gasteiger charge is -2.37. The number of anilines is 2. The minimum Gasteiger partial charge on any atom is -0.340 e. The van der Waals surface area contributed by atoms with Crippen molar-refractivity contribution in [1.29, 1.82) is 0 Å². The molecule has 1 unspecified atom stereocenters. The van der Waals surface area contributed by atoms with Gasteiger partial charge < -0.3 is 14.8 Å². The van der Waals surface area contributed by atoms with Crippen molar-refractivity contribution in [2.45, 2.75) is 13.0 Å². The molecule has 7 nitrogen and oxygen atoms in total. The summed E-state index contributed by atoms with van der Waals surface area (Å²) in [4.78, 5) is 25.7. The van der Waals surface area contributed by atoms with Crippen LogP contribution in [-0.2, 0) is 11.8 Å². The number of carbonyl (C=O) groups is 1. The highest BCUT2D eigenvalue weighted by Gasteiger charge is 2.27. The summed E-state index contributed by atoms with van der Waals surface area (Å²) in [7, 11) is 1.97. The quantitative estimate of drug-likeness (QED) is 0.672. The molecule has 3 aromatic rings. The van der Waals surface area contributed by atoms with Crippen LogP contribution in [0.5, 0.6) is 0 Å². The van der Waals surface area contributed by atoms with Crippen molar-refractivity contribution in [1.82, 2.24) is 19.4 Å². The maximum atomic E-state index is 13.4. The van der Waals surface area contributed by atoms with E-state index < -0.39 is 11.6 Å². The molecule has 4 rings (SSSR count). The van der Waals surface area contributed by atoms with Gasteiger partial charge in [-0.15, -0.1) is 11.3 Å². The number of aromatic nitrogens is 3. The van der Waals surface area contributed by atoms with Gasteiger partial charge in [-0.1, -0.05) is 0 Å². The lowest BCUT2D eigenvalue weighted by molar-refractivity contribution is -0.120. The predicted molar refractivity (Wildman–Crippen MR) is 113 cm³/mol. The topological polar surface area (TPSA) is 66.3 Å². The third-order valence-electron chi connectivity index (χ3n) is 5.27. The Morgan fingerprint density at radius 1 is 1.20 bits per heavy atom. The monoisotopic (exact) mass is 432 g/mol. The van der Waals surface area contributed by atoms with Gasteiger partial charge in [-0.2, -0.15) is 0 Å². The van der Waals surface area contributed by atoms with E-state index in [-0.39, 0.29) is 11.9 Å². The van der Waals surface area contributed by atoms with Gasteiger partial charge in [-0.3, -0.25) is 9.69 Å². The number of nitrogens with one attached hydrogen (secondary N) is 1. The summed E-state index contributed by atoms with van der Waals surface area (Å²) in [6, 6.07) is 3.31. The molecule has 0 saturated carbocycles. The van der Waals surface area contributed by atoms with E-state index in [0.29, 0.717) is 16.4 Å². The van der Waals surface area contributed by atoms with Gasteiger partial charge in [0.05, 0.1) is 11.7 Å². The van der Waals surface area contributed by atoms with E-state index in [1.807, 2.05) is 24.7 Å². The number of halogens is 2. The Bertz CT molecular complexity index is 1040. The first-order valence-corrected chi connectivity index (χ1v) is 10.5. The lowest BCUT2D eigenvalue weighted by atomic mass is 10.2. The van der Waals surface area contributed by atoms with Crippen LogP contribution < -0.4 is 10.2 Å². The second kappa shape index (κ2) is 8.49. The van der Waals surface area contributed by atoms with Crippen LogP contribution in [0.15, 0.2) is 36.0 Å². The molecule has 0 aliphatic carbocycles. The maximum Gasteiger partial charge on any atom is 0.243 e. The number of thiazole rings is 1. The zero-order valence-electron chi connectivity index (χ0n) is 16.7. The molecule has 1 aliphatic heterocycles. The summed E-state index contributed by atoms with van der Waals surface area (Å²) < 4.78 is 28.6. The molecule has 1 saturated heterocycles. The van der Waals surface area contributed by atoms with Gasteiger partial charge in [0.25, 0.3) is 0 Å². The summed E-state index contributed by atoms with van der Waals surface area (Å²) in [5, 5.41) is 4.97. The molecular formula is C20H22F2N6OS. The SMILES string of the molecule is CC(C(=O)Nc1nc(-c2ccc(F)c(F)c2)cs1)N1CCN(c2nccn2C)CC1. The number of carbonyl (C=O) groups excluding carboxylic acids is 1. The summed E-state index contributed by atoms with van der Waals surface area (Å²) in [5.74, 6) is -1.05. The first-order valence-electron chi connectivity index (χ1n) is 9.60. The minimum atomic E-state index is -0.926. The lowest BCUT2D eigenvalue weighted by Crippen LogP contribution is -2.53. The fourth-order valence-corrected chi connectivity index (χ4v) is 4.19. The number of hydrogen-bond donors (Lipinski definition) is 1. The average molecular weight is 433 g/mol. The summed E-state index contributed by atoms with van der Waals surface area (Å²) in [6.45, 7) is 4.95. The van der Waals surface area contributed by atoms with Gasteiger partial charge in [0.15, 0.2) is 16.8 Å². The number of amides is 1. The Hall–Kier alpha value is -2.85. The molecular weight excluding hydrogens is 410 g/mol. The van der Waals surface area contributed by atoms with Crippen molar-refractivity contribution in [3.8, 4) is 11.3 Å². The van der Waals surface area contributed by atoms with E-state index in [2.05, 4.69) is 25.1 Å². The van der Waals surface area contributed by atoms with Crippen LogP contribution in [0.1, 0.15) is 6.92 Å². The van der Waals surface area contributed by atoms with Gasteiger partial charge >= 0.3 is 0 Å². The van der Waals surface area contributed by atoms with E-state index in [0.717, 1.165) is 44.3 Å². The van der Waals surface area contributed by atoms with Crippen LogP contribution in [0.2, 0.25) is 0 Å². The molecule has 1 atom stereocenters. The van der Waals surface area contributed by atoms with Gasteiger partial charge in [-0.25, -0.2) is 18.7 Å². The number of nitrogens with zero attached hydrogens (tertiary/aromatic N) is 5. The van der Waals surface area contributed by atoms with Crippen LogP contribution in [0.25, 0.3) is 11.3 Å². The Morgan fingerprint density at radius 3 is 2.63 bits per heavy atom. The Balaban J connectivity index is 1.34. The normalized spacial score (nSPS) is 15.9. The Kier molecular flexibility index (Phi) is 5.78. The molecule has 3 heterocycles. The number of rotatable bonds is 5. The molecule has 1 amide bonds.